The number of nitrogens with one attached hydrogen (secondary N) is 1. The van der Waals surface area contributed by atoms with Crippen molar-refractivity contribution in [1.82, 2.24) is 14.8 Å². The van der Waals surface area contributed by atoms with Gasteiger partial charge in [0.25, 0.3) is 0 Å². The third-order valence-corrected chi connectivity index (χ3v) is 7.10. The molecule has 1 amide bonds. The molecule has 0 aliphatic rings. The van der Waals surface area contributed by atoms with Crippen LogP contribution in [0.25, 0.3) is 0 Å². The molecule has 0 radical (unpaired) electrons. The lowest BCUT2D eigenvalue weighted by molar-refractivity contribution is -0.113. The van der Waals surface area contributed by atoms with Crippen molar-refractivity contribution < 1.29 is 13.2 Å². The normalized spacial score (nSPS) is 11.4. The van der Waals surface area contributed by atoms with Crippen molar-refractivity contribution in [2.75, 3.05) is 21.6 Å². The van der Waals surface area contributed by atoms with Crippen LogP contribution in [0.1, 0.15) is 23.9 Å². The minimum Gasteiger partial charge on any atom is -0.325 e. The van der Waals surface area contributed by atoms with Crippen LogP contribution in [0.15, 0.2) is 53.7 Å². The van der Waals surface area contributed by atoms with Gasteiger partial charge in [0.2, 0.25) is 15.9 Å². The molecular weight excluding hydrogens is 446 g/mol. The number of thioether (sulfide) groups is 1. The van der Waals surface area contributed by atoms with Crippen LogP contribution in [0.4, 0.5) is 11.4 Å². The number of carbonyl (C=O) groups excluding carboxylic acids is 1. The molecule has 0 fully saturated rings. The molecule has 8 nitrogen and oxygen atoms in total. The topological polar surface area (TPSA) is 97.2 Å². The number of aryl methyl sites for hydroxylation is 2. The summed E-state index contributed by atoms with van der Waals surface area (Å²) in [7, 11) is -1.76. The van der Waals surface area contributed by atoms with Gasteiger partial charge in [-0.15, -0.1) is 10.2 Å². The van der Waals surface area contributed by atoms with E-state index in [1.165, 1.54) is 16.1 Å². The fraction of sp³-hybridized carbons (Fsp3) is 0.318. The second-order valence-electron chi connectivity index (χ2n) is 7.41. The Morgan fingerprint density at radius 3 is 2.47 bits per heavy atom. The largest absolute Gasteiger partial charge is 0.325 e. The Morgan fingerprint density at radius 1 is 1.12 bits per heavy atom. The van der Waals surface area contributed by atoms with E-state index >= 15 is 0 Å². The van der Waals surface area contributed by atoms with Gasteiger partial charge in [-0.2, -0.15) is 0 Å². The summed E-state index contributed by atoms with van der Waals surface area (Å²) in [6.07, 6.45) is 1.99. The molecule has 0 unspecified atom stereocenters. The van der Waals surface area contributed by atoms with Crippen molar-refractivity contribution in [2.45, 2.75) is 32.0 Å². The van der Waals surface area contributed by atoms with Gasteiger partial charge in [-0.05, 0) is 37.1 Å². The molecule has 0 saturated carbocycles. The quantitative estimate of drug-likeness (QED) is 0.479. The predicted octanol–water partition coefficient (Wildman–Crippen LogP) is 3.38. The van der Waals surface area contributed by atoms with E-state index in [2.05, 4.69) is 15.5 Å². The standard InChI is InChI=1S/C22H27N5O3S2/c1-5-17-8-6-7-9-19(17)23-21(28)15-31-22-25-24-20(26(22)3)14-27(32(4,29)30)18-12-10-16(2)11-13-18/h6-13H,5,14-15H2,1-4H3,(H,23,28). The SMILES string of the molecule is CCc1ccccc1NC(=O)CSc1nnc(CN(c2ccc(C)cc2)S(C)(=O)=O)n1C. The minimum absolute atomic E-state index is 0.0437. The molecule has 3 aromatic rings. The number of para-hydroxylation sites is 1. The first kappa shape index (κ1) is 23.8. The molecule has 0 atom stereocenters. The summed E-state index contributed by atoms with van der Waals surface area (Å²) in [5, 5.41) is 11.8. The zero-order valence-corrected chi connectivity index (χ0v) is 20.2. The molecule has 32 heavy (non-hydrogen) atoms. The number of sulfonamides is 1. The number of aromatic nitrogens is 3. The van der Waals surface area contributed by atoms with E-state index in [-0.39, 0.29) is 18.2 Å². The maximum atomic E-state index is 12.4. The van der Waals surface area contributed by atoms with Crippen LogP contribution >= 0.6 is 11.8 Å². The molecule has 1 heterocycles. The number of carbonyl (C=O) groups is 1. The molecule has 3 rings (SSSR count). The Labute approximate surface area is 193 Å². The molecule has 0 aliphatic heterocycles. The summed E-state index contributed by atoms with van der Waals surface area (Å²) in [5.41, 5.74) is 3.48. The second-order valence-corrected chi connectivity index (χ2v) is 10.3. The van der Waals surface area contributed by atoms with Crippen molar-refractivity contribution in [1.29, 1.82) is 0 Å². The first-order chi connectivity index (χ1) is 15.2. The molecule has 0 saturated heterocycles. The van der Waals surface area contributed by atoms with Crippen LogP contribution in [0.5, 0.6) is 0 Å². The number of rotatable bonds is 9. The van der Waals surface area contributed by atoms with Gasteiger partial charge in [0, 0.05) is 12.7 Å². The van der Waals surface area contributed by atoms with E-state index in [0.29, 0.717) is 16.7 Å². The van der Waals surface area contributed by atoms with Crippen LogP contribution in [0, 0.1) is 6.92 Å². The Kier molecular flexibility index (Phi) is 7.57. The number of anilines is 2. The van der Waals surface area contributed by atoms with Crippen LogP contribution in [-0.2, 0) is 34.8 Å². The van der Waals surface area contributed by atoms with Gasteiger partial charge >= 0.3 is 0 Å². The lowest BCUT2D eigenvalue weighted by Gasteiger charge is -2.22. The molecule has 0 bridgehead atoms. The summed E-state index contributed by atoms with van der Waals surface area (Å²) >= 11 is 1.25. The molecule has 1 aromatic heterocycles. The number of hydrogen-bond acceptors (Lipinski definition) is 6. The van der Waals surface area contributed by atoms with Crippen LogP contribution in [-0.4, -0.2) is 41.1 Å². The van der Waals surface area contributed by atoms with Gasteiger partial charge in [0.15, 0.2) is 11.0 Å². The van der Waals surface area contributed by atoms with Crippen LogP contribution in [0.2, 0.25) is 0 Å². The fourth-order valence-electron chi connectivity index (χ4n) is 3.11. The van der Waals surface area contributed by atoms with Gasteiger partial charge in [-0.25, -0.2) is 8.42 Å². The Balaban J connectivity index is 1.69. The average molecular weight is 474 g/mol. The summed E-state index contributed by atoms with van der Waals surface area (Å²) < 4.78 is 27.8. The molecule has 0 aliphatic carbocycles. The lowest BCUT2D eigenvalue weighted by atomic mass is 10.1. The highest BCUT2D eigenvalue weighted by Crippen LogP contribution is 2.23. The molecule has 10 heteroatoms. The van der Waals surface area contributed by atoms with Gasteiger partial charge in [-0.1, -0.05) is 54.6 Å². The monoisotopic (exact) mass is 473 g/mol. The van der Waals surface area contributed by atoms with E-state index in [9.17, 15) is 13.2 Å². The summed E-state index contributed by atoms with van der Waals surface area (Å²) in [6.45, 7) is 4.02. The highest BCUT2D eigenvalue weighted by atomic mass is 32.2. The van der Waals surface area contributed by atoms with E-state index in [4.69, 9.17) is 0 Å². The summed E-state index contributed by atoms with van der Waals surface area (Å²) in [4.78, 5) is 12.4. The van der Waals surface area contributed by atoms with Crippen molar-refractivity contribution in [3.8, 4) is 0 Å². The molecule has 0 spiro atoms. The maximum Gasteiger partial charge on any atom is 0.234 e. The van der Waals surface area contributed by atoms with Crippen molar-refractivity contribution in [3.63, 3.8) is 0 Å². The zero-order chi connectivity index (χ0) is 23.3. The van der Waals surface area contributed by atoms with E-state index in [0.717, 1.165) is 29.5 Å². The molecular formula is C22H27N5O3S2. The van der Waals surface area contributed by atoms with Crippen molar-refractivity contribution in [3.05, 3.63) is 65.5 Å². The summed E-state index contributed by atoms with van der Waals surface area (Å²) in [5.74, 6) is 0.505. The Bertz CT molecular complexity index is 1190. The number of benzene rings is 2. The van der Waals surface area contributed by atoms with Crippen LogP contribution < -0.4 is 9.62 Å². The highest BCUT2D eigenvalue weighted by molar-refractivity contribution is 7.99. The van der Waals surface area contributed by atoms with Crippen molar-refractivity contribution >= 4 is 39.1 Å². The molecule has 1 N–H and O–H groups in total. The van der Waals surface area contributed by atoms with Gasteiger partial charge in [0.05, 0.1) is 24.2 Å². The smallest absolute Gasteiger partial charge is 0.234 e. The third-order valence-electron chi connectivity index (χ3n) is 4.94. The van der Waals surface area contributed by atoms with Gasteiger partial charge < -0.3 is 9.88 Å². The lowest BCUT2D eigenvalue weighted by Crippen LogP contribution is -2.30. The fourth-order valence-corrected chi connectivity index (χ4v) is 4.70. The van der Waals surface area contributed by atoms with Gasteiger partial charge in [-0.3, -0.25) is 9.10 Å². The Morgan fingerprint density at radius 2 is 1.81 bits per heavy atom. The number of amides is 1. The van der Waals surface area contributed by atoms with E-state index < -0.39 is 10.0 Å². The second kappa shape index (κ2) is 10.2. The minimum atomic E-state index is -3.52. The number of nitrogens with zero attached hydrogens (tertiary/aromatic N) is 4. The average Bonchev–Trinajstić information content (AvgIpc) is 3.10. The third kappa shape index (κ3) is 5.89. The first-order valence-corrected chi connectivity index (χ1v) is 13.0. The summed E-state index contributed by atoms with van der Waals surface area (Å²) in [6, 6.07) is 15.0. The van der Waals surface area contributed by atoms with Gasteiger partial charge in [0.1, 0.15) is 0 Å². The van der Waals surface area contributed by atoms with Crippen LogP contribution in [0.3, 0.4) is 0 Å². The highest BCUT2D eigenvalue weighted by Gasteiger charge is 2.21. The predicted molar refractivity (Wildman–Crippen MR) is 128 cm³/mol. The molecule has 170 valence electrons. The van der Waals surface area contributed by atoms with Crippen molar-refractivity contribution in [2.24, 2.45) is 7.05 Å². The van der Waals surface area contributed by atoms with E-state index in [1.807, 2.05) is 50.2 Å². The maximum absolute atomic E-state index is 12.4. The molecule has 2 aromatic carbocycles. The zero-order valence-electron chi connectivity index (χ0n) is 18.6. The first-order valence-electron chi connectivity index (χ1n) is 10.1. The Hall–Kier alpha value is -2.85. The van der Waals surface area contributed by atoms with E-state index in [1.54, 1.807) is 23.7 Å². The number of hydrogen-bond donors (Lipinski definition) is 1.